The normalized spacial score (nSPS) is 16.3. The Morgan fingerprint density at radius 2 is 1.96 bits per heavy atom. The molecule has 0 aromatic carbocycles. The molecule has 1 saturated heterocycles. The van der Waals surface area contributed by atoms with E-state index in [9.17, 15) is 9.59 Å². The standard InChI is InChI=1S/C17H28N4O2/c1-11(2)21-13(4)15(12(3)18-21)10-19(6)17(23)14(5)20-9-7-8-16(20)22/h11,14H,7-10H2,1-6H3. The average Bonchev–Trinajstić information content (AvgIpc) is 3.03. The smallest absolute Gasteiger partial charge is 0.245 e. The highest BCUT2D eigenvalue weighted by atomic mass is 16.2. The quantitative estimate of drug-likeness (QED) is 0.834. The van der Waals surface area contributed by atoms with Crippen molar-refractivity contribution in [3.63, 3.8) is 0 Å². The molecule has 0 spiro atoms. The van der Waals surface area contributed by atoms with Crippen LogP contribution in [0, 0.1) is 13.8 Å². The summed E-state index contributed by atoms with van der Waals surface area (Å²) in [6.07, 6.45) is 1.40. The summed E-state index contributed by atoms with van der Waals surface area (Å²) in [5.74, 6) is 0.0654. The molecule has 0 bridgehead atoms. The van der Waals surface area contributed by atoms with Gasteiger partial charge in [-0.15, -0.1) is 0 Å². The lowest BCUT2D eigenvalue weighted by atomic mass is 10.1. The number of hydrogen-bond acceptors (Lipinski definition) is 3. The van der Waals surface area contributed by atoms with Crippen LogP contribution in [0.15, 0.2) is 0 Å². The van der Waals surface area contributed by atoms with Crippen molar-refractivity contribution in [2.24, 2.45) is 0 Å². The van der Waals surface area contributed by atoms with Crippen LogP contribution < -0.4 is 0 Å². The molecule has 1 aromatic rings. The van der Waals surface area contributed by atoms with Gasteiger partial charge in [0.25, 0.3) is 0 Å². The third-order valence-corrected chi connectivity index (χ3v) is 4.67. The molecule has 1 aliphatic heterocycles. The zero-order valence-electron chi connectivity index (χ0n) is 15.1. The molecule has 2 heterocycles. The van der Waals surface area contributed by atoms with Crippen molar-refractivity contribution in [3.8, 4) is 0 Å². The van der Waals surface area contributed by atoms with Gasteiger partial charge < -0.3 is 9.80 Å². The highest BCUT2D eigenvalue weighted by molar-refractivity contribution is 5.88. The lowest BCUT2D eigenvalue weighted by molar-refractivity contribution is -0.142. The molecular weight excluding hydrogens is 292 g/mol. The van der Waals surface area contributed by atoms with Gasteiger partial charge in [-0.25, -0.2) is 0 Å². The Labute approximate surface area is 138 Å². The number of carbonyl (C=O) groups excluding carboxylic acids is 2. The number of rotatable bonds is 5. The molecule has 1 atom stereocenters. The van der Waals surface area contributed by atoms with E-state index in [4.69, 9.17) is 0 Å². The van der Waals surface area contributed by atoms with E-state index in [1.54, 1.807) is 16.8 Å². The monoisotopic (exact) mass is 320 g/mol. The first-order valence-electron chi connectivity index (χ1n) is 8.33. The summed E-state index contributed by atoms with van der Waals surface area (Å²) < 4.78 is 2.00. The number of aryl methyl sites for hydroxylation is 1. The van der Waals surface area contributed by atoms with Crippen LogP contribution in [0.2, 0.25) is 0 Å². The van der Waals surface area contributed by atoms with Gasteiger partial charge in [0.2, 0.25) is 11.8 Å². The summed E-state index contributed by atoms with van der Waals surface area (Å²) in [4.78, 5) is 27.9. The maximum atomic E-state index is 12.6. The van der Waals surface area contributed by atoms with Crippen molar-refractivity contribution < 1.29 is 9.59 Å². The van der Waals surface area contributed by atoms with Crippen molar-refractivity contribution in [2.45, 2.75) is 66.1 Å². The van der Waals surface area contributed by atoms with Gasteiger partial charge in [-0.2, -0.15) is 5.10 Å². The van der Waals surface area contributed by atoms with Gasteiger partial charge in [-0.1, -0.05) is 0 Å². The van der Waals surface area contributed by atoms with E-state index in [2.05, 4.69) is 18.9 Å². The predicted octanol–water partition coefficient (Wildman–Crippen LogP) is 2.05. The summed E-state index contributed by atoms with van der Waals surface area (Å²) >= 11 is 0. The zero-order chi connectivity index (χ0) is 17.3. The van der Waals surface area contributed by atoms with E-state index >= 15 is 0 Å². The maximum Gasteiger partial charge on any atom is 0.245 e. The zero-order valence-corrected chi connectivity index (χ0v) is 15.1. The minimum atomic E-state index is -0.393. The molecule has 1 unspecified atom stereocenters. The van der Waals surface area contributed by atoms with E-state index in [1.165, 1.54) is 0 Å². The SMILES string of the molecule is Cc1nn(C(C)C)c(C)c1CN(C)C(=O)C(C)N1CCCC1=O. The molecular formula is C17H28N4O2. The Hall–Kier alpha value is -1.85. The summed E-state index contributed by atoms with van der Waals surface area (Å²) in [5, 5.41) is 4.57. The molecule has 6 nitrogen and oxygen atoms in total. The molecule has 0 aliphatic carbocycles. The van der Waals surface area contributed by atoms with Crippen LogP contribution in [-0.2, 0) is 16.1 Å². The number of nitrogens with zero attached hydrogens (tertiary/aromatic N) is 4. The molecule has 0 saturated carbocycles. The number of likely N-dealkylation sites (tertiary alicyclic amines) is 1. The molecule has 2 amide bonds. The molecule has 0 radical (unpaired) electrons. The van der Waals surface area contributed by atoms with Crippen molar-refractivity contribution in [1.29, 1.82) is 0 Å². The first-order valence-corrected chi connectivity index (χ1v) is 8.33. The molecule has 1 aliphatic rings. The van der Waals surface area contributed by atoms with Crippen LogP contribution in [0.3, 0.4) is 0 Å². The fourth-order valence-corrected chi connectivity index (χ4v) is 3.27. The van der Waals surface area contributed by atoms with E-state index in [0.717, 1.165) is 23.4 Å². The molecule has 23 heavy (non-hydrogen) atoms. The van der Waals surface area contributed by atoms with Crippen LogP contribution >= 0.6 is 0 Å². The summed E-state index contributed by atoms with van der Waals surface area (Å²) in [6, 6.07) is -0.0969. The van der Waals surface area contributed by atoms with Crippen LogP contribution in [0.5, 0.6) is 0 Å². The van der Waals surface area contributed by atoms with Gasteiger partial charge in [0, 0.05) is 43.9 Å². The third-order valence-electron chi connectivity index (χ3n) is 4.67. The molecule has 128 valence electrons. The Kier molecular flexibility index (Phi) is 5.12. The van der Waals surface area contributed by atoms with Gasteiger partial charge in [0.1, 0.15) is 6.04 Å². The minimum absolute atomic E-state index is 0.0173. The first-order chi connectivity index (χ1) is 10.7. The highest BCUT2D eigenvalue weighted by Gasteiger charge is 2.31. The lowest BCUT2D eigenvalue weighted by Gasteiger charge is -2.28. The topological polar surface area (TPSA) is 58.4 Å². The lowest BCUT2D eigenvalue weighted by Crippen LogP contribution is -2.46. The summed E-state index contributed by atoms with van der Waals surface area (Å²) in [5.41, 5.74) is 3.15. The molecule has 1 aromatic heterocycles. The van der Waals surface area contributed by atoms with E-state index in [0.29, 0.717) is 25.6 Å². The van der Waals surface area contributed by atoms with E-state index in [1.807, 2.05) is 25.5 Å². The van der Waals surface area contributed by atoms with Crippen molar-refractivity contribution in [2.75, 3.05) is 13.6 Å². The second kappa shape index (κ2) is 6.72. The van der Waals surface area contributed by atoms with Crippen molar-refractivity contribution in [3.05, 3.63) is 17.0 Å². The average molecular weight is 320 g/mol. The maximum absolute atomic E-state index is 12.6. The Balaban J connectivity index is 2.11. The Morgan fingerprint density at radius 3 is 2.43 bits per heavy atom. The van der Waals surface area contributed by atoms with Gasteiger partial charge in [0.15, 0.2) is 0 Å². The van der Waals surface area contributed by atoms with E-state index < -0.39 is 6.04 Å². The van der Waals surface area contributed by atoms with Gasteiger partial charge in [-0.3, -0.25) is 14.3 Å². The number of likely N-dealkylation sites (N-methyl/N-ethyl adjacent to an activating group) is 1. The number of carbonyl (C=O) groups is 2. The van der Waals surface area contributed by atoms with Crippen LogP contribution in [-0.4, -0.2) is 51.0 Å². The van der Waals surface area contributed by atoms with Gasteiger partial charge >= 0.3 is 0 Å². The minimum Gasteiger partial charge on any atom is -0.340 e. The molecule has 1 fully saturated rings. The van der Waals surface area contributed by atoms with E-state index in [-0.39, 0.29) is 11.8 Å². The number of amides is 2. The first kappa shape index (κ1) is 17.5. The van der Waals surface area contributed by atoms with Crippen LogP contribution in [0.1, 0.15) is 56.6 Å². The summed E-state index contributed by atoms with van der Waals surface area (Å²) in [6.45, 7) is 11.2. The molecule has 0 N–H and O–H groups in total. The Morgan fingerprint density at radius 1 is 1.30 bits per heavy atom. The number of hydrogen-bond donors (Lipinski definition) is 0. The van der Waals surface area contributed by atoms with Crippen molar-refractivity contribution >= 4 is 11.8 Å². The number of aromatic nitrogens is 2. The molecule has 2 rings (SSSR count). The summed E-state index contributed by atoms with van der Waals surface area (Å²) in [7, 11) is 1.80. The fourth-order valence-electron chi connectivity index (χ4n) is 3.27. The van der Waals surface area contributed by atoms with Gasteiger partial charge in [0.05, 0.1) is 5.69 Å². The second-order valence-corrected chi connectivity index (χ2v) is 6.75. The second-order valence-electron chi connectivity index (χ2n) is 6.75. The highest BCUT2D eigenvalue weighted by Crippen LogP contribution is 2.20. The predicted molar refractivity (Wildman–Crippen MR) is 89.0 cm³/mol. The van der Waals surface area contributed by atoms with Crippen molar-refractivity contribution in [1.82, 2.24) is 19.6 Å². The third kappa shape index (κ3) is 3.41. The Bertz CT molecular complexity index is 606. The fraction of sp³-hybridized carbons (Fsp3) is 0.706. The van der Waals surface area contributed by atoms with Crippen LogP contribution in [0.4, 0.5) is 0 Å². The van der Waals surface area contributed by atoms with Crippen LogP contribution in [0.25, 0.3) is 0 Å². The molecule has 6 heteroatoms. The largest absolute Gasteiger partial charge is 0.340 e. The van der Waals surface area contributed by atoms with Gasteiger partial charge in [-0.05, 0) is 41.0 Å².